The van der Waals surface area contributed by atoms with Crippen molar-refractivity contribution in [1.29, 1.82) is 0 Å². The van der Waals surface area contributed by atoms with Gasteiger partial charge >= 0.3 is 5.97 Å². The molecule has 0 amide bonds. The fourth-order valence-electron chi connectivity index (χ4n) is 4.19. The average Bonchev–Trinajstić information content (AvgIpc) is 2.89. The van der Waals surface area contributed by atoms with E-state index in [4.69, 9.17) is 32.7 Å². The Morgan fingerprint density at radius 1 is 1.00 bits per heavy atom. The Morgan fingerprint density at radius 2 is 1.76 bits per heavy atom. The summed E-state index contributed by atoms with van der Waals surface area (Å²) in [6.07, 6.45) is 0.537. The number of carboxylic acid groups (broad SMARTS) is 1. The Hall–Kier alpha value is -3.87. The molecule has 0 fully saturated rings. The van der Waals surface area contributed by atoms with Gasteiger partial charge in [0, 0.05) is 33.5 Å². The van der Waals surface area contributed by atoms with Crippen molar-refractivity contribution in [3.8, 4) is 28.5 Å². The summed E-state index contributed by atoms with van der Waals surface area (Å²) in [4.78, 5) is 29.0. The zero-order chi connectivity index (χ0) is 25.9. The van der Waals surface area contributed by atoms with E-state index in [1.54, 1.807) is 48.5 Å². The molecule has 0 saturated heterocycles. The van der Waals surface area contributed by atoms with Gasteiger partial charge in [0.2, 0.25) is 0 Å². The summed E-state index contributed by atoms with van der Waals surface area (Å²) in [6.45, 7) is 0.305. The summed E-state index contributed by atoms with van der Waals surface area (Å²) in [6, 6.07) is 22.9. The first-order valence-corrected chi connectivity index (χ1v) is 12.3. The fourth-order valence-corrected chi connectivity index (χ4v) is 4.52. The van der Waals surface area contributed by atoms with Crippen molar-refractivity contribution >= 4 is 35.0 Å². The second kappa shape index (κ2) is 10.6. The van der Waals surface area contributed by atoms with E-state index in [0.29, 0.717) is 52.1 Å². The average molecular weight is 534 g/mol. The van der Waals surface area contributed by atoms with Gasteiger partial charge in [-0.3, -0.25) is 14.6 Å². The summed E-state index contributed by atoms with van der Waals surface area (Å²) in [5, 5.41) is 10.4. The molecule has 1 aliphatic rings. The van der Waals surface area contributed by atoms with E-state index in [2.05, 4.69) is 4.98 Å². The number of hydrogen-bond donors (Lipinski definition) is 1. The first-order chi connectivity index (χ1) is 17.9. The molecule has 1 atom stereocenters. The molecule has 6 nitrogen and oxygen atoms in total. The second-order valence-electron chi connectivity index (χ2n) is 8.60. The highest BCUT2D eigenvalue weighted by Crippen LogP contribution is 2.41. The summed E-state index contributed by atoms with van der Waals surface area (Å²) in [7, 11) is 0. The number of pyridine rings is 1. The number of ketones is 1. The standard InChI is InChI=1S/C29H21Cl2NO5/c30-19-8-4-17(5-9-19)25-3-1-2-20(32-25)14-26(33)18-6-10-21(11-7-18)37-28-16-27-23(15-24(28)31)22(29(34)35)12-13-36-27/h1-11,15-16,22H,12-14H2,(H,34,35)/t22-/m0/s1. The van der Waals surface area contributed by atoms with E-state index in [-0.39, 0.29) is 17.2 Å². The molecule has 1 N–H and O–H groups in total. The second-order valence-corrected chi connectivity index (χ2v) is 9.44. The van der Waals surface area contributed by atoms with Crippen LogP contribution in [0.4, 0.5) is 0 Å². The zero-order valence-corrected chi connectivity index (χ0v) is 21.0. The maximum Gasteiger partial charge on any atom is 0.311 e. The van der Waals surface area contributed by atoms with Crippen LogP contribution in [0.15, 0.2) is 78.9 Å². The minimum absolute atomic E-state index is 0.0766. The Bertz CT molecular complexity index is 1470. The van der Waals surface area contributed by atoms with Gasteiger partial charge in [0.05, 0.1) is 29.7 Å². The van der Waals surface area contributed by atoms with Crippen LogP contribution in [0.25, 0.3) is 11.3 Å². The molecule has 186 valence electrons. The number of carbonyl (C=O) groups excluding carboxylic acids is 1. The maximum absolute atomic E-state index is 12.9. The monoisotopic (exact) mass is 533 g/mol. The largest absolute Gasteiger partial charge is 0.493 e. The van der Waals surface area contributed by atoms with Crippen LogP contribution in [0.2, 0.25) is 10.0 Å². The van der Waals surface area contributed by atoms with Crippen molar-refractivity contribution in [2.45, 2.75) is 18.8 Å². The fraction of sp³-hybridized carbons (Fsp3) is 0.138. The number of nitrogens with zero attached hydrogens (tertiary/aromatic N) is 1. The number of carboxylic acids is 1. The third-order valence-corrected chi connectivity index (χ3v) is 6.64. The van der Waals surface area contributed by atoms with E-state index >= 15 is 0 Å². The lowest BCUT2D eigenvalue weighted by Gasteiger charge is -2.24. The highest BCUT2D eigenvalue weighted by atomic mass is 35.5. The molecule has 0 bridgehead atoms. The topological polar surface area (TPSA) is 85.7 Å². The number of ether oxygens (including phenoxy) is 2. The summed E-state index contributed by atoms with van der Waals surface area (Å²) >= 11 is 12.3. The smallest absolute Gasteiger partial charge is 0.311 e. The highest BCUT2D eigenvalue weighted by Gasteiger charge is 2.29. The zero-order valence-electron chi connectivity index (χ0n) is 19.5. The molecule has 37 heavy (non-hydrogen) atoms. The molecule has 2 heterocycles. The van der Waals surface area contributed by atoms with E-state index in [1.807, 2.05) is 30.3 Å². The summed E-state index contributed by atoms with van der Waals surface area (Å²) in [5.74, 6) is -0.394. The van der Waals surface area contributed by atoms with E-state index in [9.17, 15) is 14.7 Å². The van der Waals surface area contributed by atoms with Gasteiger partial charge in [-0.2, -0.15) is 0 Å². The van der Waals surface area contributed by atoms with E-state index in [1.165, 1.54) is 0 Å². The first-order valence-electron chi connectivity index (χ1n) is 11.6. The molecular weight excluding hydrogens is 513 g/mol. The number of Topliss-reactive ketones (excluding diaryl/α,β-unsaturated/α-hetero) is 1. The number of hydrogen-bond acceptors (Lipinski definition) is 5. The van der Waals surface area contributed by atoms with Gasteiger partial charge in [-0.15, -0.1) is 0 Å². The molecule has 1 aliphatic heterocycles. The summed E-state index contributed by atoms with van der Waals surface area (Å²) in [5.41, 5.74) is 3.41. The molecule has 4 aromatic rings. The van der Waals surface area contributed by atoms with Crippen molar-refractivity contribution < 1.29 is 24.2 Å². The Balaban J connectivity index is 1.28. The van der Waals surface area contributed by atoms with Crippen molar-refractivity contribution in [2.24, 2.45) is 0 Å². The third kappa shape index (κ3) is 5.61. The van der Waals surface area contributed by atoms with Gasteiger partial charge in [0.1, 0.15) is 17.2 Å². The van der Waals surface area contributed by atoms with Gasteiger partial charge in [-0.25, -0.2) is 0 Å². The Morgan fingerprint density at radius 3 is 2.49 bits per heavy atom. The lowest BCUT2D eigenvalue weighted by atomic mass is 9.93. The molecule has 0 unspecified atom stereocenters. The van der Waals surface area contributed by atoms with Crippen molar-refractivity contribution in [2.75, 3.05) is 6.61 Å². The summed E-state index contributed by atoms with van der Waals surface area (Å²) < 4.78 is 11.5. The third-order valence-electron chi connectivity index (χ3n) is 6.09. The number of aliphatic carboxylic acids is 1. The highest BCUT2D eigenvalue weighted by molar-refractivity contribution is 6.32. The predicted molar refractivity (Wildman–Crippen MR) is 141 cm³/mol. The van der Waals surface area contributed by atoms with Gasteiger partial charge in [0.15, 0.2) is 5.78 Å². The molecule has 0 radical (unpaired) electrons. The van der Waals surface area contributed by atoms with Crippen LogP contribution in [0.1, 0.15) is 34.0 Å². The molecule has 5 rings (SSSR count). The minimum atomic E-state index is -0.915. The Kier molecular flexibility index (Phi) is 7.12. The van der Waals surface area contributed by atoms with Crippen LogP contribution in [-0.4, -0.2) is 28.4 Å². The number of aromatic nitrogens is 1. The molecule has 8 heteroatoms. The van der Waals surface area contributed by atoms with Crippen LogP contribution in [0, 0.1) is 0 Å². The SMILES string of the molecule is O=C(Cc1cccc(-c2ccc(Cl)cc2)n1)c1ccc(Oc2cc3c(cc2Cl)[C@@H](C(=O)O)CCO3)cc1. The van der Waals surface area contributed by atoms with Crippen LogP contribution < -0.4 is 9.47 Å². The maximum atomic E-state index is 12.9. The normalized spacial score (nSPS) is 14.4. The minimum Gasteiger partial charge on any atom is -0.493 e. The van der Waals surface area contributed by atoms with Crippen molar-refractivity contribution in [3.05, 3.63) is 106 Å². The van der Waals surface area contributed by atoms with Crippen LogP contribution in [-0.2, 0) is 11.2 Å². The molecule has 0 aliphatic carbocycles. The number of benzene rings is 3. The van der Waals surface area contributed by atoms with Crippen LogP contribution >= 0.6 is 23.2 Å². The molecule has 3 aromatic carbocycles. The van der Waals surface area contributed by atoms with Gasteiger partial charge in [-0.05, 0) is 61.0 Å². The first kappa shape index (κ1) is 24.8. The van der Waals surface area contributed by atoms with Gasteiger partial charge < -0.3 is 14.6 Å². The van der Waals surface area contributed by atoms with Gasteiger partial charge in [0.25, 0.3) is 0 Å². The van der Waals surface area contributed by atoms with Crippen molar-refractivity contribution in [1.82, 2.24) is 4.98 Å². The molecule has 1 aromatic heterocycles. The molecule has 0 spiro atoms. The van der Waals surface area contributed by atoms with E-state index < -0.39 is 11.9 Å². The predicted octanol–water partition coefficient (Wildman–Crippen LogP) is 7.22. The number of halogens is 2. The number of carbonyl (C=O) groups is 2. The Labute approximate surface area is 223 Å². The van der Waals surface area contributed by atoms with E-state index in [0.717, 1.165) is 11.3 Å². The molecular formula is C29H21Cl2NO5. The van der Waals surface area contributed by atoms with Crippen molar-refractivity contribution in [3.63, 3.8) is 0 Å². The van der Waals surface area contributed by atoms with Crippen LogP contribution in [0.5, 0.6) is 17.2 Å². The molecule has 0 saturated carbocycles. The lowest BCUT2D eigenvalue weighted by Crippen LogP contribution is -2.20. The number of fused-ring (bicyclic) bond motifs is 1. The van der Waals surface area contributed by atoms with Crippen LogP contribution in [0.3, 0.4) is 0 Å². The quantitative estimate of drug-likeness (QED) is 0.252. The number of rotatable bonds is 7. The lowest BCUT2D eigenvalue weighted by molar-refractivity contribution is -0.139. The van der Waals surface area contributed by atoms with Gasteiger partial charge in [-0.1, -0.05) is 41.4 Å².